The number of nitrogens with one attached hydrogen (secondary N) is 1. The van der Waals surface area contributed by atoms with Gasteiger partial charge in [0.25, 0.3) is 0 Å². The van der Waals surface area contributed by atoms with Crippen LogP contribution >= 0.6 is 0 Å². The molecule has 0 bridgehead atoms. The van der Waals surface area contributed by atoms with E-state index in [2.05, 4.69) is 73.0 Å². The van der Waals surface area contributed by atoms with Gasteiger partial charge in [-0.15, -0.1) is 0 Å². The first-order valence-electron chi connectivity index (χ1n) is 12.0. The third kappa shape index (κ3) is 5.10. The van der Waals surface area contributed by atoms with E-state index >= 15 is 0 Å². The molecule has 1 N–H and O–H groups in total. The fourth-order valence-electron chi connectivity index (χ4n) is 5.88. The van der Waals surface area contributed by atoms with Crippen molar-refractivity contribution < 1.29 is 4.74 Å². The molecule has 0 radical (unpaired) electrons. The van der Waals surface area contributed by atoms with Crippen molar-refractivity contribution >= 4 is 6.21 Å². The number of aryl methyl sites for hydroxylation is 1. The van der Waals surface area contributed by atoms with Gasteiger partial charge in [-0.1, -0.05) is 42.0 Å². The van der Waals surface area contributed by atoms with Gasteiger partial charge in [-0.05, 0) is 86.6 Å². The lowest BCUT2D eigenvalue weighted by Crippen LogP contribution is -2.36. The Morgan fingerprint density at radius 1 is 1.19 bits per heavy atom. The number of allylic oxidation sites excluding steroid dienone is 5. The lowest BCUT2D eigenvalue weighted by Gasteiger charge is -2.36. The Morgan fingerprint density at radius 2 is 2.10 bits per heavy atom. The van der Waals surface area contributed by atoms with Gasteiger partial charge in [-0.25, -0.2) is 0 Å². The first-order valence-corrected chi connectivity index (χ1v) is 12.0. The number of nitrogens with zero attached hydrogens (tertiary/aromatic N) is 1. The number of hydrogen-bond donors (Lipinski definition) is 1. The van der Waals surface area contributed by atoms with Crippen LogP contribution in [0, 0.1) is 18.8 Å². The molecule has 3 aliphatic rings. The summed E-state index contributed by atoms with van der Waals surface area (Å²) in [6, 6.07) is 7.31. The molecular formula is C28H38N2O. The highest BCUT2D eigenvalue weighted by Gasteiger charge is 2.31. The summed E-state index contributed by atoms with van der Waals surface area (Å²) < 4.78 is 5.30. The van der Waals surface area contributed by atoms with Crippen molar-refractivity contribution in [1.29, 1.82) is 0 Å². The van der Waals surface area contributed by atoms with Crippen molar-refractivity contribution in [3.63, 3.8) is 0 Å². The number of aliphatic imine (C=N–C) groups is 1. The maximum atomic E-state index is 5.30. The van der Waals surface area contributed by atoms with Gasteiger partial charge in [0.2, 0.25) is 0 Å². The van der Waals surface area contributed by atoms with E-state index in [-0.39, 0.29) is 0 Å². The summed E-state index contributed by atoms with van der Waals surface area (Å²) in [6.07, 6.45) is 16.9. The number of ether oxygens (including phenoxy) is 1. The highest BCUT2D eigenvalue weighted by molar-refractivity contribution is 5.60. The number of methoxy groups -OCH3 is 1. The van der Waals surface area contributed by atoms with Gasteiger partial charge >= 0.3 is 0 Å². The molecule has 3 heteroatoms. The minimum absolute atomic E-state index is 0.477. The van der Waals surface area contributed by atoms with Gasteiger partial charge in [-0.3, -0.25) is 4.99 Å². The molecule has 2 aliphatic heterocycles. The minimum Gasteiger partial charge on any atom is -0.385 e. The molecule has 4 atom stereocenters. The van der Waals surface area contributed by atoms with E-state index < -0.39 is 0 Å². The molecule has 1 aromatic rings. The normalized spacial score (nSPS) is 28.4. The summed E-state index contributed by atoms with van der Waals surface area (Å²) in [4.78, 5) is 4.48. The second kappa shape index (κ2) is 10.6. The van der Waals surface area contributed by atoms with Crippen molar-refractivity contribution in [2.24, 2.45) is 16.8 Å². The van der Waals surface area contributed by atoms with Gasteiger partial charge < -0.3 is 10.1 Å². The van der Waals surface area contributed by atoms with Crippen molar-refractivity contribution in [3.05, 3.63) is 70.5 Å². The molecule has 0 saturated carbocycles. The lowest BCUT2D eigenvalue weighted by molar-refractivity contribution is 0.188. The van der Waals surface area contributed by atoms with Crippen LogP contribution in [0.4, 0.5) is 0 Å². The Morgan fingerprint density at radius 3 is 2.87 bits per heavy atom. The summed E-state index contributed by atoms with van der Waals surface area (Å²) in [5.41, 5.74) is 7.43. The topological polar surface area (TPSA) is 33.6 Å². The van der Waals surface area contributed by atoms with Crippen LogP contribution in [-0.2, 0) is 4.74 Å². The second-order valence-corrected chi connectivity index (χ2v) is 9.47. The molecule has 0 amide bonds. The molecule has 1 fully saturated rings. The fourth-order valence-corrected chi connectivity index (χ4v) is 5.88. The Bertz CT molecular complexity index is 879. The summed E-state index contributed by atoms with van der Waals surface area (Å²) in [5.74, 6) is 2.19. The van der Waals surface area contributed by atoms with E-state index in [4.69, 9.17) is 4.74 Å². The highest BCUT2D eigenvalue weighted by atomic mass is 16.5. The Hall–Kier alpha value is -1.97. The zero-order valence-electron chi connectivity index (χ0n) is 19.4. The first kappa shape index (κ1) is 22.2. The van der Waals surface area contributed by atoms with Crippen LogP contribution in [0.2, 0.25) is 0 Å². The standard InChI is InChI=1S/C28H38N2O/c1-20-7-4-8-22(10-6-16-31-3)28(20)23-11-12-25(21(2)17-23)27-19-30-15-13-26(27)24-9-5-14-29-18-24/h4,7-8,11-12,14,17-18,22,26-28,30H,5-6,9-10,13,15-16,19H2,1-3H3/t22?,26-,27-,28?/m1/s1. The average molecular weight is 419 g/mol. The Kier molecular flexibility index (Phi) is 7.58. The fraction of sp³-hybridized carbons (Fsp3) is 0.536. The van der Waals surface area contributed by atoms with E-state index in [0.29, 0.717) is 23.7 Å². The molecule has 4 rings (SSSR count). The van der Waals surface area contributed by atoms with Gasteiger partial charge in [0.1, 0.15) is 0 Å². The predicted octanol–water partition coefficient (Wildman–Crippen LogP) is 6.08. The van der Waals surface area contributed by atoms with Crippen molar-refractivity contribution in [2.45, 2.75) is 57.8 Å². The van der Waals surface area contributed by atoms with Gasteiger partial charge in [0.05, 0.1) is 0 Å². The quantitative estimate of drug-likeness (QED) is 0.545. The molecule has 0 aromatic heterocycles. The van der Waals surface area contributed by atoms with E-state index in [1.807, 2.05) is 0 Å². The maximum absolute atomic E-state index is 5.30. The second-order valence-electron chi connectivity index (χ2n) is 9.47. The van der Waals surface area contributed by atoms with Crippen LogP contribution in [0.1, 0.15) is 67.6 Å². The highest BCUT2D eigenvalue weighted by Crippen LogP contribution is 2.42. The molecule has 0 spiro atoms. The van der Waals surface area contributed by atoms with E-state index in [9.17, 15) is 0 Å². The third-order valence-corrected chi connectivity index (χ3v) is 7.44. The Labute approximate surface area is 188 Å². The zero-order chi connectivity index (χ0) is 21.6. The maximum Gasteiger partial charge on any atom is 0.0462 e. The van der Waals surface area contributed by atoms with Crippen molar-refractivity contribution in [3.8, 4) is 0 Å². The van der Waals surface area contributed by atoms with Crippen LogP contribution in [0.3, 0.4) is 0 Å². The summed E-state index contributed by atoms with van der Waals surface area (Å²) >= 11 is 0. The summed E-state index contributed by atoms with van der Waals surface area (Å²) in [5, 5.41) is 3.65. The number of piperidine rings is 1. The van der Waals surface area contributed by atoms with Crippen LogP contribution in [-0.4, -0.2) is 33.0 Å². The molecular weight excluding hydrogens is 380 g/mol. The summed E-state index contributed by atoms with van der Waals surface area (Å²) in [6.45, 7) is 7.62. The van der Waals surface area contributed by atoms with Gasteiger partial charge in [0.15, 0.2) is 0 Å². The first-order chi connectivity index (χ1) is 15.2. The monoisotopic (exact) mass is 418 g/mol. The zero-order valence-corrected chi connectivity index (χ0v) is 19.4. The molecule has 3 nitrogen and oxygen atoms in total. The van der Waals surface area contributed by atoms with E-state index in [1.165, 1.54) is 41.5 Å². The predicted molar refractivity (Wildman–Crippen MR) is 131 cm³/mol. The molecule has 2 unspecified atom stereocenters. The van der Waals surface area contributed by atoms with E-state index in [1.54, 1.807) is 12.7 Å². The molecule has 1 aliphatic carbocycles. The van der Waals surface area contributed by atoms with Gasteiger partial charge in [-0.2, -0.15) is 0 Å². The van der Waals surface area contributed by atoms with Crippen LogP contribution in [0.5, 0.6) is 0 Å². The van der Waals surface area contributed by atoms with Crippen molar-refractivity contribution in [1.82, 2.24) is 5.32 Å². The molecule has 2 heterocycles. The van der Waals surface area contributed by atoms with Crippen LogP contribution < -0.4 is 5.32 Å². The van der Waals surface area contributed by atoms with Crippen LogP contribution in [0.25, 0.3) is 0 Å². The number of rotatable bonds is 7. The third-order valence-electron chi connectivity index (χ3n) is 7.44. The molecule has 31 heavy (non-hydrogen) atoms. The molecule has 1 aromatic carbocycles. The average Bonchev–Trinajstić information content (AvgIpc) is 2.80. The number of hydrogen-bond acceptors (Lipinski definition) is 3. The van der Waals surface area contributed by atoms with Gasteiger partial charge in [0, 0.05) is 44.5 Å². The molecule has 1 saturated heterocycles. The van der Waals surface area contributed by atoms with Crippen LogP contribution in [0.15, 0.2) is 58.8 Å². The molecule has 166 valence electrons. The summed E-state index contributed by atoms with van der Waals surface area (Å²) in [7, 11) is 1.80. The SMILES string of the molecule is COCCCC1C=CC=C(C)C1c1ccc([C@H]2CNCC[C@@H]2C2=CN=CCC2)c(C)c1. The smallest absolute Gasteiger partial charge is 0.0462 e. The van der Waals surface area contributed by atoms with Crippen molar-refractivity contribution in [2.75, 3.05) is 26.8 Å². The van der Waals surface area contributed by atoms with E-state index in [0.717, 1.165) is 32.5 Å². The largest absolute Gasteiger partial charge is 0.385 e. The minimum atomic E-state index is 0.477. The Balaban J connectivity index is 1.58. The number of benzene rings is 1. The lowest BCUT2D eigenvalue weighted by atomic mass is 9.72.